The lowest BCUT2D eigenvalue weighted by Gasteiger charge is -2.13. The normalized spacial score (nSPS) is 26.2. The van der Waals surface area contributed by atoms with Crippen molar-refractivity contribution in [1.82, 2.24) is 0 Å². The number of ether oxygens (including phenoxy) is 2. The number of epoxide rings is 1. The SMILES string of the molecule is CCOC(=O)C1(c2ccccc2)OC1(C)C. The first-order valence-corrected chi connectivity index (χ1v) is 5.47. The van der Waals surface area contributed by atoms with Crippen LogP contribution >= 0.6 is 0 Å². The first-order valence-electron chi connectivity index (χ1n) is 5.47. The molecule has 1 aromatic rings. The van der Waals surface area contributed by atoms with Crippen molar-refractivity contribution in [3.63, 3.8) is 0 Å². The maximum absolute atomic E-state index is 12.0. The van der Waals surface area contributed by atoms with Gasteiger partial charge in [0.1, 0.15) is 5.60 Å². The highest BCUT2D eigenvalue weighted by Crippen LogP contribution is 2.56. The minimum Gasteiger partial charge on any atom is -0.464 e. The van der Waals surface area contributed by atoms with Crippen molar-refractivity contribution in [3.05, 3.63) is 35.9 Å². The lowest BCUT2D eigenvalue weighted by atomic mass is 9.88. The van der Waals surface area contributed by atoms with Gasteiger partial charge in [0.15, 0.2) is 0 Å². The molecule has 3 nitrogen and oxygen atoms in total. The lowest BCUT2D eigenvalue weighted by Crippen LogP contribution is -2.30. The van der Waals surface area contributed by atoms with E-state index in [0.29, 0.717) is 6.61 Å². The predicted molar refractivity (Wildman–Crippen MR) is 59.9 cm³/mol. The van der Waals surface area contributed by atoms with E-state index in [1.54, 1.807) is 6.92 Å². The summed E-state index contributed by atoms with van der Waals surface area (Å²) in [6.07, 6.45) is 0. The van der Waals surface area contributed by atoms with Gasteiger partial charge in [-0.05, 0) is 26.3 Å². The van der Waals surface area contributed by atoms with Crippen LogP contribution < -0.4 is 0 Å². The molecule has 3 heteroatoms. The third-order valence-electron chi connectivity index (χ3n) is 2.96. The Morgan fingerprint density at radius 1 is 1.31 bits per heavy atom. The van der Waals surface area contributed by atoms with Gasteiger partial charge in [-0.2, -0.15) is 0 Å². The Morgan fingerprint density at radius 2 is 1.88 bits per heavy atom. The van der Waals surface area contributed by atoms with E-state index >= 15 is 0 Å². The van der Waals surface area contributed by atoms with Crippen molar-refractivity contribution in [3.8, 4) is 0 Å². The van der Waals surface area contributed by atoms with Crippen LogP contribution in [0.1, 0.15) is 26.3 Å². The van der Waals surface area contributed by atoms with Gasteiger partial charge in [0.25, 0.3) is 0 Å². The number of hydrogen-bond donors (Lipinski definition) is 0. The molecular weight excluding hydrogens is 204 g/mol. The molecule has 1 aliphatic heterocycles. The second-order valence-electron chi connectivity index (χ2n) is 4.38. The van der Waals surface area contributed by atoms with Crippen LogP contribution in [0.2, 0.25) is 0 Å². The van der Waals surface area contributed by atoms with Gasteiger partial charge in [0, 0.05) is 0 Å². The van der Waals surface area contributed by atoms with Gasteiger partial charge in [-0.1, -0.05) is 30.3 Å². The highest BCUT2D eigenvalue weighted by atomic mass is 16.7. The third-order valence-corrected chi connectivity index (χ3v) is 2.96. The van der Waals surface area contributed by atoms with Crippen molar-refractivity contribution in [2.75, 3.05) is 6.61 Å². The van der Waals surface area contributed by atoms with Crippen LogP contribution in [0, 0.1) is 0 Å². The first kappa shape index (κ1) is 11.1. The van der Waals surface area contributed by atoms with Gasteiger partial charge in [0.05, 0.1) is 6.61 Å². The minimum absolute atomic E-state index is 0.300. The summed E-state index contributed by atoms with van der Waals surface area (Å²) in [6, 6.07) is 9.50. The number of carbonyl (C=O) groups excluding carboxylic acids is 1. The number of benzene rings is 1. The average molecular weight is 220 g/mol. The number of carbonyl (C=O) groups is 1. The van der Waals surface area contributed by atoms with Gasteiger partial charge in [0.2, 0.25) is 5.60 Å². The van der Waals surface area contributed by atoms with Gasteiger partial charge in [-0.15, -0.1) is 0 Å². The largest absolute Gasteiger partial charge is 0.464 e. The van der Waals surface area contributed by atoms with E-state index < -0.39 is 11.2 Å². The molecule has 86 valence electrons. The maximum atomic E-state index is 12.0. The molecule has 0 amide bonds. The Balaban J connectivity index is 2.37. The lowest BCUT2D eigenvalue weighted by molar-refractivity contribution is -0.150. The molecule has 0 N–H and O–H groups in total. The average Bonchev–Trinajstić information content (AvgIpc) is 2.85. The van der Waals surface area contributed by atoms with Gasteiger partial charge in [-0.25, -0.2) is 4.79 Å². The Labute approximate surface area is 95.4 Å². The van der Waals surface area contributed by atoms with Crippen molar-refractivity contribution in [1.29, 1.82) is 0 Å². The molecule has 0 aromatic heterocycles. The van der Waals surface area contributed by atoms with Crippen LogP contribution in [0.25, 0.3) is 0 Å². The van der Waals surface area contributed by atoms with E-state index in [9.17, 15) is 4.79 Å². The van der Waals surface area contributed by atoms with Gasteiger partial charge < -0.3 is 9.47 Å². The van der Waals surface area contributed by atoms with E-state index in [1.807, 2.05) is 44.2 Å². The van der Waals surface area contributed by atoms with Gasteiger partial charge in [-0.3, -0.25) is 0 Å². The second-order valence-corrected chi connectivity index (χ2v) is 4.38. The Morgan fingerprint density at radius 3 is 2.31 bits per heavy atom. The molecule has 0 aliphatic carbocycles. The molecule has 16 heavy (non-hydrogen) atoms. The molecule has 1 fully saturated rings. The quantitative estimate of drug-likeness (QED) is 0.579. The van der Waals surface area contributed by atoms with Crippen LogP contribution in [-0.2, 0) is 19.9 Å². The Kier molecular flexibility index (Phi) is 2.50. The monoisotopic (exact) mass is 220 g/mol. The summed E-state index contributed by atoms with van der Waals surface area (Å²) in [5, 5.41) is 0. The molecule has 1 aliphatic rings. The van der Waals surface area contributed by atoms with E-state index in [2.05, 4.69) is 0 Å². The van der Waals surface area contributed by atoms with E-state index in [1.165, 1.54) is 0 Å². The summed E-state index contributed by atoms with van der Waals surface area (Å²) >= 11 is 0. The number of hydrogen-bond acceptors (Lipinski definition) is 3. The molecule has 0 saturated carbocycles. The summed E-state index contributed by atoms with van der Waals surface area (Å²) in [6.45, 7) is 5.96. The van der Waals surface area contributed by atoms with Crippen molar-refractivity contribution in [2.24, 2.45) is 0 Å². The van der Waals surface area contributed by atoms with Crippen molar-refractivity contribution < 1.29 is 14.3 Å². The zero-order valence-corrected chi connectivity index (χ0v) is 9.82. The molecule has 2 rings (SSSR count). The fourth-order valence-electron chi connectivity index (χ4n) is 2.07. The van der Waals surface area contributed by atoms with Crippen molar-refractivity contribution >= 4 is 5.97 Å². The van der Waals surface area contributed by atoms with E-state index in [4.69, 9.17) is 9.47 Å². The number of rotatable bonds is 3. The molecule has 1 heterocycles. The molecule has 1 saturated heterocycles. The van der Waals surface area contributed by atoms with E-state index in [-0.39, 0.29) is 5.97 Å². The molecule has 0 spiro atoms. The molecule has 0 bridgehead atoms. The Bertz CT molecular complexity index is 397. The topological polar surface area (TPSA) is 38.8 Å². The second kappa shape index (κ2) is 3.59. The zero-order chi connectivity index (χ0) is 11.8. The zero-order valence-electron chi connectivity index (χ0n) is 9.82. The van der Waals surface area contributed by atoms with Crippen LogP contribution in [0.5, 0.6) is 0 Å². The van der Waals surface area contributed by atoms with Crippen LogP contribution in [0.15, 0.2) is 30.3 Å². The summed E-state index contributed by atoms with van der Waals surface area (Å²) in [7, 11) is 0. The fraction of sp³-hybridized carbons (Fsp3) is 0.462. The van der Waals surface area contributed by atoms with Crippen LogP contribution in [-0.4, -0.2) is 18.2 Å². The minimum atomic E-state index is -0.912. The third kappa shape index (κ3) is 1.43. The highest BCUT2D eigenvalue weighted by molar-refractivity contribution is 5.86. The van der Waals surface area contributed by atoms with Gasteiger partial charge >= 0.3 is 5.97 Å². The fourth-order valence-corrected chi connectivity index (χ4v) is 2.07. The van der Waals surface area contributed by atoms with Crippen molar-refractivity contribution in [2.45, 2.75) is 32.0 Å². The molecule has 0 radical (unpaired) electrons. The number of esters is 1. The first-order chi connectivity index (χ1) is 7.54. The molecular formula is C13H16O3. The van der Waals surface area contributed by atoms with Crippen LogP contribution in [0.4, 0.5) is 0 Å². The maximum Gasteiger partial charge on any atom is 0.346 e. The highest BCUT2D eigenvalue weighted by Gasteiger charge is 2.71. The molecule has 1 unspecified atom stereocenters. The van der Waals surface area contributed by atoms with Crippen LogP contribution in [0.3, 0.4) is 0 Å². The smallest absolute Gasteiger partial charge is 0.346 e. The summed E-state index contributed by atoms with van der Waals surface area (Å²) < 4.78 is 10.7. The summed E-state index contributed by atoms with van der Waals surface area (Å²) in [4.78, 5) is 12.0. The van der Waals surface area contributed by atoms with E-state index in [0.717, 1.165) is 5.56 Å². The standard InChI is InChI=1S/C13H16O3/c1-4-15-11(14)13(12(2,3)16-13)10-8-6-5-7-9-10/h5-9H,4H2,1-3H3. The predicted octanol–water partition coefficient (Wildman–Crippen LogP) is 2.25. The summed E-state index contributed by atoms with van der Waals surface area (Å²) in [5.74, 6) is -0.300. The molecule has 1 atom stereocenters. The molecule has 1 aromatic carbocycles. The Hall–Kier alpha value is -1.35. The summed E-state index contributed by atoms with van der Waals surface area (Å²) in [5.41, 5.74) is -0.538.